The molecule has 1 saturated heterocycles. The zero-order valence-corrected chi connectivity index (χ0v) is 13.8. The average Bonchev–Trinajstić information content (AvgIpc) is 2.90. The highest BCUT2D eigenvalue weighted by molar-refractivity contribution is 5.85. The van der Waals surface area contributed by atoms with Crippen LogP contribution >= 0.6 is 12.4 Å². The molecule has 0 aromatic heterocycles. The van der Waals surface area contributed by atoms with Crippen LogP contribution in [-0.4, -0.2) is 24.5 Å². The molecule has 1 aliphatic rings. The van der Waals surface area contributed by atoms with Gasteiger partial charge in [-0.15, -0.1) is 12.4 Å². The second-order valence-corrected chi connectivity index (χ2v) is 5.86. The second kappa shape index (κ2) is 8.55. The fraction of sp³-hybridized carbons (Fsp3) is 0.562. The van der Waals surface area contributed by atoms with Crippen molar-refractivity contribution in [1.29, 1.82) is 0 Å². The molecule has 0 saturated carbocycles. The van der Waals surface area contributed by atoms with Crippen molar-refractivity contribution in [3.05, 3.63) is 35.4 Å². The molecule has 1 aliphatic heterocycles. The highest BCUT2D eigenvalue weighted by Crippen LogP contribution is 2.29. The van der Waals surface area contributed by atoms with Crippen LogP contribution in [0.2, 0.25) is 0 Å². The Bertz CT molecular complexity index is 499. The summed E-state index contributed by atoms with van der Waals surface area (Å²) in [5.74, 6) is -0.0150. The van der Waals surface area contributed by atoms with E-state index in [1.165, 1.54) is 12.1 Å². The Morgan fingerprint density at radius 2 is 2.00 bits per heavy atom. The molecule has 1 aromatic rings. The van der Waals surface area contributed by atoms with Crippen LogP contribution in [-0.2, 0) is 17.4 Å². The number of hydrogen-bond acceptors (Lipinski definition) is 2. The molecule has 2 atom stereocenters. The van der Waals surface area contributed by atoms with E-state index < -0.39 is 11.7 Å². The summed E-state index contributed by atoms with van der Waals surface area (Å²) in [6.45, 7) is 2.82. The van der Waals surface area contributed by atoms with Gasteiger partial charge in [0.2, 0.25) is 5.91 Å². The number of nitrogens with one attached hydrogen (secondary N) is 2. The quantitative estimate of drug-likeness (QED) is 0.855. The molecular formula is C16H22ClF3N2O. The minimum absolute atomic E-state index is 0. The van der Waals surface area contributed by atoms with Crippen LogP contribution in [0, 0.1) is 0 Å². The standard InChI is InChI=1S/C16H21F3N2O.ClH/c1-11(21-15(22)10-14-3-2-8-20-14)9-12-4-6-13(7-5-12)16(17,18)19;/h4-7,11,14,20H,2-3,8-10H2,1H3,(H,21,22);1H. The summed E-state index contributed by atoms with van der Waals surface area (Å²) in [5.41, 5.74) is 0.125. The lowest BCUT2D eigenvalue weighted by molar-refractivity contribution is -0.137. The number of benzene rings is 1. The van der Waals surface area contributed by atoms with Gasteiger partial charge in [-0.2, -0.15) is 13.2 Å². The predicted octanol–water partition coefficient (Wildman–Crippen LogP) is 3.32. The Labute approximate surface area is 140 Å². The molecule has 0 radical (unpaired) electrons. The van der Waals surface area contributed by atoms with Gasteiger partial charge < -0.3 is 10.6 Å². The van der Waals surface area contributed by atoms with Crippen molar-refractivity contribution in [2.24, 2.45) is 0 Å². The van der Waals surface area contributed by atoms with Crippen molar-refractivity contribution in [2.45, 2.75) is 50.9 Å². The minimum atomic E-state index is -4.31. The minimum Gasteiger partial charge on any atom is -0.353 e. The first-order valence-electron chi connectivity index (χ1n) is 7.53. The van der Waals surface area contributed by atoms with Crippen LogP contribution in [0.1, 0.15) is 37.3 Å². The third-order valence-electron chi connectivity index (χ3n) is 3.82. The van der Waals surface area contributed by atoms with Gasteiger partial charge in [0.05, 0.1) is 5.56 Å². The third-order valence-corrected chi connectivity index (χ3v) is 3.82. The normalized spacial score (nSPS) is 19.0. The summed E-state index contributed by atoms with van der Waals surface area (Å²) in [7, 11) is 0. The second-order valence-electron chi connectivity index (χ2n) is 5.86. The van der Waals surface area contributed by atoms with E-state index in [0.29, 0.717) is 12.8 Å². The molecule has 7 heteroatoms. The topological polar surface area (TPSA) is 41.1 Å². The maximum absolute atomic E-state index is 12.5. The summed E-state index contributed by atoms with van der Waals surface area (Å²) < 4.78 is 37.5. The summed E-state index contributed by atoms with van der Waals surface area (Å²) in [5, 5.41) is 6.16. The first kappa shape index (κ1) is 19.8. The molecule has 1 heterocycles. The van der Waals surface area contributed by atoms with Crippen LogP contribution in [0.25, 0.3) is 0 Å². The zero-order chi connectivity index (χ0) is 16.2. The lowest BCUT2D eigenvalue weighted by Crippen LogP contribution is -2.37. The lowest BCUT2D eigenvalue weighted by atomic mass is 10.0. The highest BCUT2D eigenvalue weighted by Gasteiger charge is 2.30. The molecule has 130 valence electrons. The fourth-order valence-electron chi connectivity index (χ4n) is 2.72. The molecule has 1 fully saturated rings. The molecule has 3 nitrogen and oxygen atoms in total. The Morgan fingerprint density at radius 3 is 2.52 bits per heavy atom. The fourth-order valence-corrected chi connectivity index (χ4v) is 2.72. The smallest absolute Gasteiger partial charge is 0.353 e. The first-order valence-corrected chi connectivity index (χ1v) is 7.53. The van der Waals surface area contributed by atoms with Crippen molar-refractivity contribution in [1.82, 2.24) is 10.6 Å². The first-order chi connectivity index (χ1) is 10.3. The Kier molecular flexibility index (Phi) is 7.35. The van der Waals surface area contributed by atoms with Crippen LogP contribution < -0.4 is 10.6 Å². The van der Waals surface area contributed by atoms with Gasteiger partial charge >= 0.3 is 6.18 Å². The van der Waals surface area contributed by atoms with Crippen molar-refractivity contribution in [3.63, 3.8) is 0 Å². The van der Waals surface area contributed by atoms with E-state index in [1.54, 1.807) is 0 Å². The van der Waals surface area contributed by atoms with E-state index >= 15 is 0 Å². The van der Waals surface area contributed by atoms with E-state index in [9.17, 15) is 18.0 Å². The summed E-state index contributed by atoms with van der Waals surface area (Å²) >= 11 is 0. The van der Waals surface area contributed by atoms with E-state index in [-0.39, 0.29) is 30.4 Å². The largest absolute Gasteiger partial charge is 0.416 e. The van der Waals surface area contributed by atoms with Crippen molar-refractivity contribution in [2.75, 3.05) is 6.54 Å². The number of carbonyl (C=O) groups excluding carboxylic acids is 1. The number of halogens is 4. The molecule has 23 heavy (non-hydrogen) atoms. The van der Waals surface area contributed by atoms with E-state index in [1.807, 2.05) is 6.92 Å². The molecule has 2 unspecified atom stereocenters. The van der Waals surface area contributed by atoms with Gasteiger partial charge in [-0.3, -0.25) is 4.79 Å². The van der Waals surface area contributed by atoms with Crippen molar-refractivity contribution in [3.8, 4) is 0 Å². The van der Waals surface area contributed by atoms with Gasteiger partial charge in [0, 0.05) is 18.5 Å². The van der Waals surface area contributed by atoms with Gasteiger partial charge in [0.25, 0.3) is 0 Å². The lowest BCUT2D eigenvalue weighted by Gasteiger charge is -2.16. The summed E-state index contributed by atoms with van der Waals surface area (Å²) in [6, 6.07) is 5.22. The van der Waals surface area contributed by atoms with E-state index in [4.69, 9.17) is 0 Å². The number of alkyl halides is 3. The summed E-state index contributed by atoms with van der Waals surface area (Å²) in [6.07, 6.45) is -1.23. The van der Waals surface area contributed by atoms with Crippen LogP contribution in [0.5, 0.6) is 0 Å². The maximum Gasteiger partial charge on any atom is 0.416 e. The van der Waals surface area contributed by atoms with E-state index in [0.717, 1.165) is 37.1 Å². The van der Waals surface area contributed by atoms with Gasteiger partial charge in [0.15, 0.2) is 0 Å². The monoisotopic (exact) mass is 350 g/mol. The number of amides is 1. The molecule has 1 amide bonds. The Hall–Kier alpha value is -1.27. The number of carbonyl (C=O) groups is 1. The highest BCUT2D eigenvalue weighted by atomic mass is 35.5. The van der Waals surface area contributed by atoms with Crippen molar-refractivity contribution >= 4 is 18.3 Å². The van der Waals surface area contributed by atoms with Gasteiger partial charge in [-0.1, -0.05) is 12.1 Å². The van der Waals surface area contributed by atoms with Crippen LogP contribution in [0.4, 0.5) is 13.2 Å². The molecule has 2 rings (SSSR count). The molecule has 0 aliphatic carbocycles. The predicted molar refractivity (Wildman–Crippen MR) is 85.6 cm³/mol. The Balaban J connectivity index is 0.00000264. The van der Waals surface area contributed by atoms with Crippen LogP contribution in [0.3, 0.4) is 0 Å². The zero-order valence-electron chi connectivity index (χ0n) is 13.0. The molecular weight excluding hydrogens is 329 g/mol. The third kappa shape index (κ3) is 6.39. The van der Waals surface area contributed by atoms with Crippen molar-refractivity contribution < 1.29 is 18.0 Å². The molecule has 0 spiro atoms. The number of hydrogen-bond donors (Lipinski definition) is 2. The number of rotatable bonds is 5. The Morgan fingerprint density at radius 1 is 1.35 bits per heavy atom. The van der Waals surface area contributed by atoms with Crippen LogP contribution in [0.15, 0.2) is 24.3 Å². The molecule has 2 N–H and O–H groups in total. The summed E-state index contributed by atoms with van der Waals surface area (Å²) in [4.78, 5) is 11.9. The molecule has 1 aromatic carbocycles. The molecule has 0 bridgehead atoms. The van der Waals surface area contributed by atoms with Gasteiger partial charge in [-0.05, 0) is 50.4 Å². The average molecular weight is 351 g/mol. The van der Waals surface area contributed by atoms with E-state index in [2.05, 4.69) is 10.6 Å². The maximum atomic E-state index is 12.5. The van der Waals surface area contributed by atoms with Gasteiger partial charge in [-0.25, -0.2) is 0 Å². The van der Waals surface area contributed by atoms with Gasteiger partial charge in [0.1, 0.15) is 0 Å². The SMILES string of the molecule is CC(Cc1ccc(C(F)(F)F)cc1)NC(=O)CC1CCCN1.Cl.